The second-order valence-electron chi connectivity index (χ2n) is 3.96. The Morgan fingerprint density at radius 1 is 1.10 bits per heavy atom. The molecule has 0 aliphatic heterocycles. The molecular formula is C14H12BrN3O2. The monoisotopic (exact) mass is 333 g/mol. The van der Waals surface area contributed by atoms with Crippen LogP contribution in [0.25, 0.3) is 0 Å². The maximum atomic E-state index is 12.2. The van der Waals surface area contributed by atoms with Crippen LogP contribution in [-0.2, 0) is 0 Å². The van der Waals surface area contributed by atoms with E-state index in [2.05, 4.69) is 26.4 Å². The molecule has 1 amide bonds. The minimum atomic E-state index is -0.282. The van der Waals surface area contributed by atoms with Crippen molar-refractivity contribution >= 4 is 33.4 Å². The zero-order valence-corrected chi connectivity index (χ0v) is 12.0. The maximum Gasteiger partial charge on any atom is 0.256 e. The maximum absolute atomic E-state index is 12.2. The Bertz CT molecular complexity index is 671. The van der Waals surface area contributed by atoms with Gasteiger partial charge in [-0.15, -0.1) is 0 Å². The van der Waals surface area contributed by atoms with Gasteiger partial charge >= 0.3 is 0 Å². The highest BCUT2D eigenvalue weighted by molar-refractivity contribution is 9.10. The molecule has 0 aliphatic carbocycles. The van der Waals surface area contributed by atoms with Crippen molar-refractivity contribution in [2.24, 2.45) is 10.9 Å². The van der Waals surface area contributed by atoms with Gasteiger partial charge in [0.2, 0.25) is 0 Å². The van der Waals surface area contributed by atoms with E-state index in [1.54, 1.807) is 42.5 Å². The molecule has 2 aromatic rings. The van der Waals surface area contributed by atoms with Crippen LogP contribution in [0.15, 0.2) is 58.2 Å². The molecule has 0 atom stereocenters. The van der Waals surface area contributed by atoms with E-state index in [1.807, 2.05) is 6.07 Å². The van der Waals surface area contributed by atoms with E-state index in [9.17, 15) is 4.79 Å². The second kappa shape index (κ2) is 6.21. The lowest BCUT2D eigenvalue weighted by Gasteiger charge is -2.10. The van der Waals surface area contributed by atoms with Crippen molar-refractivity contribution in [3.63, 3.8) is 0 Å². The molecule has 0 saturated heterocycles. The predicted molar refractivity (Wildman–Crippen MR) is 81.0 cm³/mol. The number of halogens is 1. The van der Waals surface area contributed by atoms with Crippen LogP contribution >= 0.6 is 15.9 Å². The molecule has 102 valence electrons. The van der Waals surface area contributed by atoms with Crippen molar-refractivity contribution in [1.82, 2.24) is 0 Å². The third-order valence-corrected chi connectivity index (χ3v) is 3.37. The van der Waals surface area contributed by atoms with Gasteiger partial charge in [0.25, 0.3) is 5.91 Å². The summed E-state index contributed by atoms with van der Waals surface area (Å²) in [6, 6.07) is 13.9. The Morgan fingerprint density at radius 2 is 1.70 bits per heavy atom. The number of nitrogens with zero attached hydrogens (tertiary/aromatic N) is 1. The average molecular weight is 334 g/mol. The van der Waals surface area contributed by atoms with Gasteiger partial charge in [0, 0.05) is 10.0 Å². The van der Waals surface area contributed by atoms with E-state index >= 15 is 0 Å². The van der Waals surface area contributed by atoms with Crippen LogP contribution in [-0.4, -0.2) is 17.0 Å². The highest BCUT2D eigenvalue weighted by Gasteiger charge is 2.13. The lowest BCUT2D eigenvalue weighted by atomic mass is 10.1. The summed E-state index contributed by atoms with van der Waals surface area (Å²) >= 11 is 3.32. The van der Waals surface area contributed by atoms with Gasteiger partial charge < -0.3 is 16.3 Å². The number of anilines is 1. The molecule has 4 N–H and O–H groups in total. The highest BCUT2D eigenvalue weighted by atomic mass is 79.9. The van der Waals surface area contributed by atoms with Crippen LogP contribution in [0.4, 0.5) is 5.69 Å². The fourth-order valence-electron chi connectivity index (χ4n) is 1.70. The number of oxime groups is 1. The number of amidine groups is 1. The summed E-state index contributed by atoms with van der Waals surface area (Å²) in [6.07, 6.45) is 0. The van der Waals surface area contributed by atoms with Crippen LogP contribution in [0, 0.1) is 0 Å². The van der Waals surface area contributed by atoms with Gasteiger partial charge in [-0.05, 0) is 40.2 Å². The summed E-state index contributed by atoms with van der Waals surface area (Å²) in [5, 5.41) is 14.4. The van der Waals surface area contributed by atoms with Gasteiger partial charge in [0.1, 0.15) is 0 Å². The Hall–Kier alpha value is -2.34. The van der Waals surface area contributed by atoms with E-state index < -0.39 is 0 Å². The molecule has 0 fully saturated rings. The summed E-state index contributed by atoms with van der Waals surface area (Å²) in [7, 11) is 0. The molecule has 0 radical (unpaired) electrons. The van der Waals surface area contributed by atoms with E-state index in [4.69, 9.17) is 10.9 Å². The number of carbonyl (C=O) groups is 1. The van der Waals surface area contributed by atoms with Crippen LogP contribution in [0.2, 0.25) is 0 Å². The summed E-state index contributed by atoms with van der Waals surface area (Å²) < 4.78 is 0.693. The standard InChI is InChI=1S/C14H12BrN3O2/c15-11-7-3-1-5-9(11)14(19)17-12-8-4-2-6-10(12)13(16)18-20/h1-8,20H,(H2,16,18)(H,17,19). The molecule has 2 aromatic carbocycles. The van der Waals surface area contributed by atoms with Crippen molar-refractivity contribution in [2.75, 3.05) is 5.32 Å². The van der Waals surface area contributed by atoms with Crippen LogP contribution in [0.3, 0.4) is 0 Å². The van der Waals surface area contributed by atoms with Crippen molar-refractivity contribution < 1.29 is 10.0 Å². The Morgan fingerprint density at radius 3 is 2.35 bits per heavy atom. The number of amides is 1. The second-order valence-corrected chi connectivity index (χ2v) is 4.82. The summed E-state index contributed by atoms with van der Waals surface area (Å²) in [5.41, 5.74) is 7.01. The van der Waals surface area contributed by atoms with Gasteiger partial charge in [-0.1, -0.05) is 29.4 Å². The zero-order valence-electron chi connectivity index (χ0n) is 10.4. The summed E-state index contributed by atoms with van der Waals surface area (Å²) in [6.45, 7) is 0. The number of carbonyl (C=O) groups excluding carboxylic acids is 1. The SMILES string of the molecule is N/C(=N/O)c1ccccc1NC(=O)c1ccccc1Br. The first-order valence-corrected chi connectivity index (χ1v) is 6.55. The van der Waals surface area contributed by atoms with Gasteiger partial charge in [0.05, 0.1) is 11.3 Å². The number of nitrogens with one attached hydrogen (secondary N) is 1. The molecule has 6 heteroatoms. The first-order chi connectivity index (χ1) is 9.63. The van der Waals surface area contributed by atoms with E-state index in [1.165, 1.54) is 0 Å². The summed E-state index contributed by atoms with van der Waals surface area (Å²) in [5.74, 6) is -0.344. The fraction of sp³-hybridized carbons (Fsp3) is 0. The normalized spacial score (nSPS) is 11.2. The molecule has 0 aliphatic rings. The first kappa shape index (κ1) is 14.1. The summed E-state index contributed by atoms with van der Waals surface area (Å²) in [4.78, 5) is 12.2. The Kier molecular flexibility index (Phi) is 4.37. The molecule has 20 heavy (non-hydrogen) atoms. The van der Waals surface area contributed by atoms with Crippen LogP contribution < -0.4 is 11.1 Å². The largest absolute Gasteiger partial charge is 0.409 e. The first-order valence-electron chi connectivity index (χ1n) is 5.76. The predicted octanol–water partition coefficient (Wildman–Crippen LogP) is 2.80. The highest BCUT2D eigenvalue weighted by Crippen LogP contribution is 2.20. The smallest absolute Gasteiger partial charge is 0.256 e. The third-order valence-electron chi connectivity index (χ3n) is 2.68. The molecule has 0 bridgehead atoms. The van der Waals surface area contributed by atoms with Gasteiger partial charge in [-0.3, -0.25) is 4.79 Å². The van der Waals surface area contributed by atoms with Gasteiger partial charge in [-0.2, -0.15) is 0 Å². The van der Waals surface area contributed by atoms with Crippen molar-refractivity contribution in [3.05, 3.63) is 64.1 Å². The Balaban J connectivity index is 2.32. The number of benzene rings is 2. The minimum Gasteiger partial charge on any atom is -0.409 e. The zero-order chi connectivity index (χ0) is 14.5. The number of para-hydroxylation sites is 1. The minimum absolute atomic E-state index is 0.0620. The lowest BCUT2D eigenvalue weighted by molar-refractivity contribution is 0.102. The van der Waals surface area contributed by atoms with E-state index in [0.29, 0.717) is 21.3 Å². The average Bonchev–Trinajstić information content (AvgIpc) is 2.47. The van der Waals surface area contributed by atoms with Gasteiger partial charge in [-0.25, -0.2) is 0 Å². The number of nitrogens with two attached hydrogens (primary N) is 1. The number of hydrogen-bond acceptors (Lipinski definition) is 3. The number of hydrogen-bond donors (Lipinski definition) is 3. The topological polar surface area (TPSA) is 87.7 Å². The van der Waals surface area contributed by atoms with Crippen molar-refractivity contribution in [2.45, 2.75) is 0 Å². The molecule has 0 heterocycles. The number of rotatable bonds is 3. The molecule has 0 spiro atoms. The quantitative estimate of drug-likeness (QED) is 0.349. The third kappa shape index (κ3) is 2.97. The van der Waals surface area contributed by atoms with Crippen molar-refractivity contribution in [3.8, 4) is 0 Å². The Labute approximate surface area is 124 Å². The van der Waals surface area contributed by atoms with E-state index in [-0.39, 0.29) is 11.7 Å². The molecule has 0 saturated carbocycles. The van der Waals surface area contributed by atoms with E-state index in [0.717, 1.165) is 0 Å². The molecule has 0 aromatic heterocycles. The van der Waals surface area contributed by atoms with Crippen LogP contribution in [0.5, 0.6) is 0 Å². The molecule has 2 rings (SSSR count). The molecule has 0 unspecified atom stereocenters. The molecule has 5 nitrogen and oxygen atoms in total. The lowest BCUT2D eigenvalue weighted by Crippen LogP contribution is -2.19. The van der Waals surface area contributed by atoms with Crippen LogP contribution in [0.1, 0.15) is 15.9 Å². The molecular weight excluding hydrogens is 322 g/mol. The van der Waals surface area contributed by atoms with Gasteiger partial charge in [0.15, 0.2) is 5.84 Å². The fourth-order valence-corrected chi connectivity index (χ4v) is 2.17. The van der Waals surface area contributed by atoms with Crippen molar-refractivity contribution in [1.29, 1.82) is 0 Å².